The van der Waals surface area contributed by atoms with Gasteiger partial charge in [-0.1, -0.05) is 23.2 Å². The first-order valence-electron chi connectivity index (χ1n) is 6.02. The predicted molar refractivity (Wildman–Crippen MR) is 87.4 cm³/mol. The Morgan fingerprint density at radius 1 is 1.18 bits per heavy atom. The van der Waals surface area contributed by atoms with E-state index in [0.717, 1.165) is 11.8 Å². The molecule has 0 saturated heterocycles. The molecule has 10 heteroatoms. The summed E-state index contributed by atoms with van der Waals surface area (Å²) in [5, 5.41) is 12.1. The number of halogens is 2. The van der Waals surface area contributed by atoms with Gasteiger partial charge in [0.1, 0.15) is 6.33 Å². The zero-order chi connectivity index (χ0) is 15.9. The van der Waals surface area contributed by atoms with Crippen LogP contribution in [0.5, 0.6) is 0 Å². The lowest BCUT2D eigenvalue weighted by atomic mass is 10.3. The highest BCUT2D eigenvalue weighted by molar-refractivity contribution is 8.00. The average molecular weight is 360 g/mol. The summed E-state index contributed by atoms with van der Waals surface area (Å²) in [6, 6.07) is 4.78. The highest BCUT2D eigenvalue weighted by Crippen LogP contribution is 2.25. The molecule has 0 radical (unpaired) electrons. The molecule has 22 heavy (non-hydrogen) atoms. The second kappa shape index (κ2) is 8.02. The van der Waals surface area contributed by atoms with Crippen molar-refractivity contribution in [1.82, 2.24) is 15.2 Å². The molecule has 3 N–H and O–H groups in total. The van der Waals surface area contributed by atoms with Gasteiger partial charge >= 0.3 is 0 Å². The molecule has 0 fully saturated rings. The van der Waals surface area contributed by atoms with Crippen molar-refractivity contribution in [1.29, 1.82) is 0 Å². The number of nitrogens with zero attached hydrogens (tertiary/aromatic N) is 2. The van der Waals surface area contributed by atoms with Gasteiger partial charge in [0.15, 0.2) is 0 Å². The quantitative estimate of drug-likeness (QED) is 0.735. The van der Waals surface area contributed by atoms with E-state index >= 15 is 0 Å². The fraction of sp³-hybridized carbons (Fsp3) is 0.167. The van der Waals surface area contributed by atoms with Crippen molar-refractivity contribution < 1.29 is 9.59 Å². The minimum atomic E-state index is -0.282. The van der Waals surface area contributed by atoms with E-state index in [4.69, 9.17) is 23.2 Å². The molecular formula is C12H11Cl2N5O2S. The maximum absolute atomic E-state index is 11.8. The Morgan fingerprint density at radius 3 is 2.59 bits per heavy atom. The van der Waals surface area contributed by atoms with Crippen molar-refractivity contribution in [2.24, 2.45) is 0 Å². The largest absolute Gasteiger partial charge is 0.324 e. The zero-order valence-electron chi connectivity index (χ0n) is 11.1. The fourth-order valence-electron chi connectivity index (χ4n) is 1.45. The van der Waals surface area contributed by atoms with E-state index in [-0.39, 0.29) is 29.3 Å². The van der Waals surface area contributed by atoms with E-state index in [2.05, 4.69) is 25.8 Å². The number of rotatable bonds is 6. The standard InChI is InChI=1S/C12H11Cl2N5O2S/c13-7-1-2-8(14)9(3-7)17-10(20)4-22-5-11(21)18-12-15-6-16-19-12/h1-3,6H,4-5H2,(H,17,20)(H2,15,16,18,19,21). The number of aromatic amines is 1. The molecule has 0 aliphatic rings. The number of benzene rings is 1. The number of aromatic nitrogens is 3. The molecule has 0 aliphatic carbocycles. The molecule has 2 rings (SSSR count). The molecule has 1 aromatic heterocycles. The van der Waals surface area contributed by atoms with Crippen LogP contribution in [0.1, 0.15) is 0 Å². The minimum absolute atomic E-state index is 0.104. The third-order valence-electron chi connectivity index (χ3n) is 2.34. The summed E-state index contributed by atoms with van der Waals surface area (Å²) in [7, 11) is 0. The second-order valence-electron chi connectivity index (χ2n) is 4.05. The van der Waals surface area contributed by atoms with Gasteiger partial charge in [-0.2, -0.15) is 10.1 Å². The van der Waals surface area contributed by atoms with Gasteiger partial charge in [0.25, 0.3) is 0 Å². The molecule has 0 atom stereocenters. The van der Waals surface area contributed by atoms with Gasteiger partial charge in [-0.3, -0.25) is 14.9 Å². The molecule has 1 heterocycles. The van der Waals surface area contributed by atoms with Gasteiger partial charge in [-0.05, 0) is 18.2 Å². The zero-order valence-corrected chi connectivity index (χ0v) is 13.4. The Hall–Kier alpha value is -1.77. The number of hydrogen-bond acceptors (Lipinski definition) is 5. The van der Waals surface area contributed by atoms with Crippen molar-refractivity contribution in [2.45, 2.75) is 0 Å². The molecule has 2 aromatic rings. The first-order valence-corrected chi connectivity index (χ1v) is 7.93. The molecule has 0 bridgehead atoms. The molecule has 116 valence electrons. The van der Waals surface area contributed by atoms with Crippen LogP contribution < -0.4 is 10.6 Å². The number of thioether (sulfide) groups is 1. The Balaban J connectivity index is 1.73. The van der Waals surface area contributed by atoms with E-state index in [1.54, 1.807) is 18.2 Å². The Bertz CT molecular complexity index is 666. The summed E-state index contributed by atoms with van der Waals surface area (Å²) in [5.74, 6) is -0.0814. The van der Waals surface area contributed by atoms with Crippen molar-refractivity contribution in [3.8, 4) is 0 Å². The van der Waals surface area contributed by atoms with Crippen LogP contribution in [0.25, 0.3) is 0 Å². The van der Waals surface area contributed by atoms with E-state index in [0.29, 0.717) is 15.7 Å². The van der Waals surface area contributed by atoms with Crippen LogP contribution in [0.2, 0.25) is 10.0 Å². The predicted octanol–water partition coefficient (Wildman–Crippen LogP) is 2.42. The third kappa shape index (κ3) is 5.21. The van der Waals surface area contributed by atoms with E-state index in [1.165, 1.54) is 6.33 Å². The first-order chi connectivity index (χ1) is 10.5. The number of H-pyrrole nitrogens is 1. The average Bonchev–Trinajstić information content (AvgIpc) is 2.95. The monoisotopic (exact) mass is 359 g/mol. The highest BCUT2D eigenvalue weighted by Gasteiger charge is 2.09. The summed E-state index contributed by atoms with van der Waals surface area (Å²) in [5.41, 5.74) is 0.436. The van der Waals surface area contributed by atoms with Gasteiger partial charge in [0.05, 0.1) is 22.2 Å². The number of carbonyl (C=O) groups excluding carboxylic acids is 2. The number of amides is 2. The van der Waals surface area contributed by atoms with Gasteiger partial charge < -0.3 is 5.32 Å². The Morgan fingerprint density at radius 2 is 1.91 bits per heavy atom. The van der Waals surface area contributed by atoms with Crippen LogP contribution in [0.3, 0.4) is 0 Å². The lowest BCUT2D eigenvalue weighted by molar-refractivity contribution is -0.114. The number of hydrogen-bond donors (Lipinski definition) is 3. The van der Waals surface area contributed by atoms with Crippen molar-refractivity contribution in [3.63, 3.8) is 0 Å². The van der Waals surface area contributed by atoms with Gasteiger partial charge in [0.2, 0.25) is 17.8 Å². The summed E-state index contributed by atoms with van der Waals surface area (Å²) in [6.07, 6.45) is 1.28. The van der Waals surface area contributed by atoms with Crippen molar-refractivity contribution >= 4 is 58.4 Å². The van der Waals surface area contributed by atoms with Crippen molar-refractivity contribution in [3.05, 3.63) is 34.6 Å². The lowest BCUT2D eigenvalue weighted by Crippen LogP contribution is -2.19. The van der Waals surface area contributed by atoms with Crippen LogP contribution in [-0.4, -0.2) is 38.5 Å². The van der Waals surface area contributed by atoms with Crippen LogP contribution in [-0.2, 0) is 9.59 Å². The lowest BCUT2D eigenvalue weighted by Gasteiger charge is -2.07. The van der Waals surface area contributed by atoms with Gasteiger partial charge in [-0.15, -0.1) is 11.8 Å². The van der Waals surface area contributed by atoms with Crippen LogP contribution in [0, 0.1) is 0 Å². The number of carbonyl (C=O) groups is 2. The van der Waals surface area contributed by atoms with E-state index < -0.39 is 0 Å². The fourth-order valence-corrected chi connectivity index (χ4v) is 2.40. The molecule has 0 saturated carbocycles. The van der Waals surface area contributed by atoms with Crippen LogP contribution in [0.15, 0.2) is 24.5 Å². The van der Waals surface area contributed by atoms with Crippen LogP contribution >= 0.6 is 35.0 Å². The van der Waals surface area contributed by atoms with Gasteiger partial charge in [0, 0.05) is 5.02 Å². The van der Waals surface area contributed by atoms with E-state index in [9.17, 15) is 9.59 Å². The SMILES string of the molecule is O=C(CSCC(=O)Nc1cc(Cl)ccc1Cl)Nc1ncn[nH]1. The maximum Gasteiger partial charge on any atom is 0.236 e. The molecular weight excluding hydrogens is 349 g/mol. The number of anilines is 2. The summed E-state index contributed by atoms with van der Waals surface area (Å²) < 4.78 is 0. The normalized spacial score (nSPS) is 10.3. The first kappa shape index (κ1) is 16.6. The second-order valence-corrected chi connectivity index (χ2v) is 5.88. The van der Waals surface area contributed by atoms with E-state index in [1.807, 2.05) is 0 Å². The molecule has 0 spiro atoms. The van der Waals surface area contributed by atoms with Crippen LogP contribution in [0.4, 0.5) is 11.6 Å². The molecule has 7 nitrogen and oxygen atoms in total. The maximum atomic E-state index is 11.8. The number of nitrogens with one attached hydrogen (secondary N) is 3. The third-order valence-corrected chi connectivity index (χ3v) is 3.84. The molecule has 1 aromatic carbocycles. The highest BCUT2D eigenvalue weighted by atomic mass is 35.5. The summed E-state index contributed by atoms with van der Waals surface area (Å²) in [4.78, 5) is 27.1. The van der Waals surface area contributed by atoms with Gasteiger partial charge in [-0.25, -0.2) is 5.10 Å². The Kier molecular flexibility index (Phi) is 6.05. The topological polar surface area (TPSA) is 99.8 Å². The smallest absolute Gasteiger partial charge is 0.236 e. The molecule has 0 unspecified atom stereocenters. The summed E-state index contributed by atoms with van der Waals surface area (Å²) >= 11 is 12.9. The van der Waals surface area contributed by atoms with Crippen molar-refractivity contribution in [2.75, 3.05) is 22.1 Å². The minimum Gasteiger partial charge on any atom is -0.324 e. The summed E-state index contributed by atoms with van der Waals surface area (Å²) in [6.45, 7) is 0. The molecule has 2 amide bonds. The molecule has 0 aliphatic heterocycles. The Labute approximate surface area is 140 Å².